The molecule has 1 aromatic heterocycles. The van der Waals surface area contributed by atoms with E-state index >= 15 is 0 Å². The predicted octanol–water partition coefficient (Wildman–Crippen LogP) is 7.42. The number of hydrogen-bond donors (Lipinski definition) is 0. The van der Waals surface area contributed by atoms with E-state index in [1.165, 1.54) is 17.3 Å². The maximum Gasteiger partial charge on any atom is 0.270 e. The molecule has 2 heterocycles. The van der Waals surface area contributed by atoms with Crippen LogP contribution < -0.4 is 4.90 Å². The highest BCUT2D eigenvalue weighted by atomic mass is 35.5. The molecule has 3 nitrogen and oxygen atoms in total. The van der Waals surface area contributed by atoms with Crippen LogP contribution in [0.25, 0.3) is 11.8 Å². The van der Waals surface area contributed by atoms with Crippen LogP contribution in [0.1, 0.15) is 28.1 Å². The number of aromatic nitrogens is 1. The highest BCUT2D eigenvalue weighted by molar-refractivity contribution is 8.27. The second kappa shape index (κ2) is 8.47. The van der Waals surface area contributed by atoms with Gasteiger partial charge >= 0.3 is 0 Å². The molecule has 158 valence electrons. The highest BCUT2D eigenvalue weighted by Gasteiger charge is 2.33. The molecule has 0 bridgehead atoms. The molecule has 0 saturated carbocycles. The van der Waals surface area contributed by atoms with Crippen molar-refractivity contribution >= 4 is 69.2 Å². The summed E-state index contributed by atoms with van der Waals surface area (Å²) in [6.45, 7) is 8.12. The number of anilines is 1. The Balaban J connectivity index is 1.71. The molecule has 1 fully saturated rings. The molecule has 0 radical (unpaired) electrons. The third-order valence-corrected chi connectivity index (χ3v) is 7.50. The number of thiocarbonyl (C=S) groups is 1. The van der Waals surface area contributed by atoms with Crippen LogP contribution in [0.15, 0.2) is 47.4 Å². The molecule has 0 aliphatic carbocycles. The zero-order valence-corrected chi connectivity index (χ0v) is 20.6. The van der Waals surface area contributed by atoms with Gasteiger partial charge in [0.2, 0.25) is 0 Å². The summed E-state index contributed by atoms with van der Waals surface area (Å²) < 4.78 is 2.63. The summed E-state index contributed by atoms with van der Waals surface area (Å²) in [5.74, 6) is -0.0995. The lowest BCUT2D eigenvalue weighted by Crippen LogP contribution is -2.27. The molecular weight excluding hydrogens is 467 g/mol. The lowest BCUT2D eigenvalue weighted by Gasteiger charge is -2.15. The number of amides is 1. The molecule has 1 aliphatic heterocycles. The summed E-state index contributed by atoms with van der Waals surface area (Å²) in [6, 6.07) is 13.6. The van der Waals surface area contributed by atoms with Gasteiger partial charge < -0.3 is 4.57 Å². The van der Waals surface area contributed by atoms with Crippen LogP contribution in [0.4, 0.5) is 5.69 Å². The first kappa shape index (κ1) is 22.2. The normalized spacial score (nSPS) is 15.4. The summed E-state index contributed by atoms with van der Waals surface area (Å²) in [5.41, 5.74) is 7.03. The van der Waals surface area contributed by atoms with E-state index in [2.05, 4.69) is 10.6 Å². The van der Waals surface area contributed by atoms with Gasteiger partial charge in [0.15, 0.2) is 4.32 Å². The minimum Gasteiger partial charge on any atom is -0.318 e. The maximum absolute atomic E-state index is 13.2. The molecule has 2 aromatic carbocycles. The Hall–Kier alpha value is -2.05. The third kappa shape index (κ3) is 4.08. The van der Waals surface area contributed by atoms with Crippen LogP contribution in [0, 0.1) is 27.7 Å². The first-order valence-corrected chi connectivity index (χ1v) is 11.6. The van der Waals surface area contributed by atoms with E-state index in [0.29, 0.717) is 19.3 Å². The van der Waals surface area contributed by atoms with E-state index in [1.54, 1.807) is 11.0 Å². The van der Waals surface area contributed by atoms with Gasteiger partial charge in [0.25, 0.3) is 5.91 Å². The minimum absolute atomic E-state index is 0.0995. The molecule has 4 rings (SSSR count). The average Bonchev–Trinajstić information content (AvgIpc) is 3.15. The van der Waals surface area contributed by atoms with Gasteiger partial charge in [0.05, 0.1) is 20.6 Å². The van der Waals surface area contributed by atoms with Gasteiger partial charge in [-0.15, -0.1) is 0 Å². The second-order valence-corrected chi connectivity index (χ2v) is 10.0. The molecule has 0 spiro atoms. The summed E-state index contributed by atoms with van der Waals surface area (Å²) in [6.07, 6.45) is 1.91. The number of thioether (sulfide) groups is 1. The first-order valence-electron chi connectivity index (χ1n) is 9.67. The van der Waals surface area contributed by atoms with Gasteiger partial charge in [-0.1, -0.05) is 53.2 Å². The summed E-state index contributed by atoms with van der Waals surface area (Å²) in [5, 5.41) is 1.02. The Bertz CT molecular complexity index is 1280. The van der Waals surface area contributed by atoms with Crippen molar-refractivity contribution in [2.45, 2.75) is 27.7 Å². The molecule has 7 heteroatoms. The number of halogens is 2. The van der Waals surface area contributed by atoms with Gasteiger partial charge in [0, 0.05) is 17.1 Å². The van der Waals surface area contributed by atoms with Crippen molar-refractivity contribution in [3.63, 3.8) is 0 Å². The van der Waals surface area contributed by atoms with Crippen molar-refractivity contribution < 1.29 is 4.79 Å². The van der Waals surface area contributed by atoms with Crippen molar-refractivity contribution in [3.8, 4) is 5.69 Å². The standard InChI is InChI=1S/C24H20Cl2N2OS2/c1-13-5-6-18(9-14(13)2)28-23(29)22(31-24(28)30)11-17-10-15(3)27(16(17)4)19-7-8-20(25)21(26)12-19/h5-12H,1-4H3/b22-11-. The van der Waals surface area contributed by atoms with Crippen molar-refractivity contribution in [3.05, 3.63) is 85.5 Å². The fourth-order valence-electron chi connectivity index (χ4n) is 3.65. The Labute approximate surface area is 201 Å². The van der Waals surface area contributed by atoms with Gasteiger partial charge in [0.1, 0.15) is 0 Å². The van der Waals surface area contributed by atoms with Crippen LogP contribution in [0.5, 0.6) is 0 Å². The average molecular weight is 487 g/mol. The number of benzene rings is 2. The lowest BCUT2D eigenvalue weighted by molar-refractivity contribution is -0.113. The van der Waals surface area contributed by atoms with E-state index in [9.17, 15) is 4.79 Å². The van der Waals surface area contributed by atoms with Crippen molar-refractivity contribution in [1.29, 1.82) is 0 Å². The van der Waals surface area contributed by atoms with Crippen LogP contribution in [-0.2, 0) is 4.79 Å². The summed E-state index contributed by atoms with van der Waals surface area (Å²) in [4.78, 5) is 15.4. The van der Waals surface area contributed by atoms with Crippen molar-refractivity contribution in [2.24, 2.45) is 0 Å². The molecule has 0 atom stereocenters. The van der Waals surface area contributed by atoms with E-state index < -0.39 is 0 Å². The van der Waals surface area contributed by atoms with Gasteiger partial charge in [-0.25, -0.2) is 0 Å². The third-order valence-electron chi connectivity index (χ3n) is 5.46. The van der Waals surface area contributed by atoms with Gasteiger partial charge in [-0.3, -0.25) is 9.69 Å². The summed E-state index contributed by atoms with van der Waals surface area (Å²) in [7, 11) is 0. The minimum atomic E-state index is -0.0995. The fraction of sp³-hybridized carbons (Fsp3) is 0.167. The van der Waals surface area contributed by atoms with Crippen LogP contribution in [0.2, 0.25) is 10.0 Å². The molecule has 0 N–H and O–H groups in total. The van der Waals surface area contributed by atoms with Gasteiger partial charge in [-0.2, -0.15) is 0 Å². The Kier molecular flexibility index (Phi) is 6.05. The number of hydrogen-bond acceptors (Lipinski definition) is 3. The largest absolute Gasteiger partial charge is 0.318 e. The van der Waals surface area contributed by atoms with Crippen LogP contribution in [0.3, 0.4) is 0 Å². The van der Waals surface area contributed by atoms with E-state index in [1.807, 2.05) is 64.1 Å². The predicted molar refractivity (Wildman–Crippen MR) is 137 cm³/mol. The van der Waals surface area contributed by atoms with E-state index in [-0.39, 0.29) is 5.91 Å². The quantitative estimate of drug-likeness (QED) is 0.284. The number of nitrogens with zero attached hydrogens (tertiary/aromatic N) is 2. The van der Waals surface area contributed by atoms with E-state index in [0.717, 1.165) is 33.9 Å². The first-order chi connectivity index (χ1) is 14.7. The fourth-order valence-corrected chi connectivity index (χ4v) is 5.23. The summed E-state index contributed by atoms with van der Waals surface area (Å²) >= 11 is 19.1. The second-order valence-electron chi connectivity index (χ2n) is 7.55. The smallest absolute Gasteiger partial charge is 0.270 e. The SMILES string of the molecule is Cc1ccc(N2C(=O)/C(=C/c3cc(C)n(-c4ccc(Cl)c(Cl)c4)c3C)SC2=S)cc1C. The zero-order valence-electron chi connectivity index (χ0n) is 17.5. The number of aryl methyl sites for hydroxylation is 3. The molecule has 1 amide bonds. The molecule has 3 aromatic rings. The number of rotatable bonds is 3. The molecule has 0 unspecified atom stereocenters. The van der Waals surface area contributed by atoms with E-state index in [4.69, 9.17) is 35.4 Å². The number of carbonyl (C=O) groups is 1. The molecule has 31 heavy (non-hydrogen) atoms. The molecular formula is C24H20Cl2N2OS2. The lowest BCUT2D eigenvalue weighted by atomic mass is 10.1. The maximum atomic E-state index is 13.2. The Morgan fingerprint density at radius 3 is 2.29 bits per heavy atom. The topological polar surface area (TPSA) is 25.2 Å². The molecule has 1 aliphatic rings. The van der Waals surface area contributed by atoms with Crippen molar-refractivity contribution in [2.75, 3.05) is 4.90 Å². The van der Waals surface area contributed by atoms with Crippen LogP contribution >= 0.6 is 47.2 Å². The molecule has 1 saturated heterocycles. The van der Waals surface area contributed by atoms with Gasteiger partial charge in [-0.05, 0) is 86.9 Å². The zero-order chi connectivity index (χ0) is 22.4. The highest BCUT2D eigenvalue weighted by Crippen LogP contribution is 2.37. The monoisotopic (exact) mass is 486 g/mol. The Morgan fingerprint density at radius 2 is 1.61 bits per heavy atom. The number of carbonyl (C=O) groups excluding carboxylic acids is 1. The van der Waals surface area contributed by atoms with Crippen molar-refractivity contribution in [1.82, 2.24) is 4.57 Å². The Morgan fingerprint density at radius 1 is 0.903 bits per heavy atom. The van der Waals surface area contributed by atoms with Crippen LogP contribution in [-0.4, -0.2) is 14.8 Å².